The van der Waals surface area contributed by atoms with Crippen LogP contribution in [-0.4, -0.2) is 28.0 Å². The maximum atomic E-state index is 8.90. The van der Waals surface area contributed by atoms with E-state index in [1.165, 1.54) is 5.56 Å². The van der Waals surface area contributed by atoms with Gasteiger partial charge in [0.1, 0.15) is 0 Å². The third kappa shape index (κ3) is 3.43. The maximum Gasteiger partial charge on any atom is 0.0644 e. The molecule has 0 amide bonds. The molecule has 0 spiro atoms. The molecule has 2 N–H and O–H groups in total. The fourth-order valence-electron chi connectivity index (χ4n) is 1.63. The Morgan fingerprint density at radius 1 is 1.56 bits per heavy atom. The van der Waals surface area contributed by atoms with Crippen LogP contribution in [0.25, 0.3) is 0 Å². The average molecular weight is 288 g/mol. The minimum Gasteiger partial charge on any atom is -0.394 e. The fraction of sp³-hybridized carbons (Fsp3) is 0.545. The van der Waals surface area contributed by atoms with Gasteiger partial charge in [-0.3, -0.25) is 4.68 Å². The van der Waals surface area contributed by atoms with Crippen molar-refractivity contribution in [3.63, 3.8) is 0 Å². The molecule has 5 heteroatoms. The standard InChI is InChI=1S/C11H18BrN3O/c1-8(12)6-13-7-11-9(2)14-15(4-5-16)10(11)3/h13,16H,1,4-7H2,2-3H3. The summed E-state index contributed by atoms with van der Waals surface area (Å²) < 4.78 is 2.78. The summed E-state index contributed by atoms with van der Waals surface area (Å²) in [4.78, 5) is 0. The van der Waals surface area contributed by atoms with E-state index >= 15 is 0 Å². The Morgan fingerprint density at radius 3 is 2.81 bits per heavy atom. The Hall–Kier alpha value is -0.650. The zero-order valence-electron chi connectivity index (χ0n) is 9.76. The molecule has 0 atom stereocenters. The number of aromatic nitrogens is 2. The van der Waals surface area contributed by atoms with Crippen LogP contribution >= 0.6 is 15.9 Å². The first-order valence-electron chi connectivity index (χ1n) is 5.24. The molecule has 0 aliphatic carbocycles. The van der Waals surface area contributed by atoms with Crippen molar-refractivity contribution < 1.29 is 5.11 Å². The Bertz CT molecular complexity index is 374. The molecule has 0 fully saturated rings. The summed E-state index contributed by atoms with van der Waals surface area (Å²) >= 11 is 3.30. The molecule has 0 radical (unpaired) electrons. The van der Waals surface area contributed by atoms with Crippen LogP contribution in [-0.2, 0) is 13.1 Å². The minimum absolute atomic E-state index is 0.118. The van der Waals surface area contributed by atoms with Crippen LogP contribution in [0.15, 0.2) is 11.1 Å². The van der Waals surface area contributed by atoms with Gasteiger partial charge in [0.25, 0.3) is 0 Å². The number of rotatable bonds is 6. The van der Waals surface area contributed by atoms with E-state index in [4.69, 9.17) is 5.11 Å². The molecule has 90 valence electrons. The number of aliphatic hydroxyl groups is 1. The van der Waals surface area contributed by atoms with Gasteiger partial charge in [-0.15, -0.1) is 0 Å². The minimum atomic E-state index is 0.118. The number of nitrogens with zero attached hydrogens (tertiary/aromatic N) is 2. The van der Waals surface area contributed by atoms with Gasteiger partial charge in [-0.2, -0.15) is 5.10 Å². The second kappa shape index (κ2) is 6.18. The van der Waals surface area contributed by atoms with E-state index in [9.17, 15) is 0 Å². The lowest BCUT2D eigenvalue weighted by Crippen LogP contribution is -2.15. The highest BCUT2D eigenvalue weighted by Gasteiger charge is 2.10. The molecule has 0 aliphatic rings. The molecule has 1 aromatic rings. The van der Waals surface area contributed by atoms with E-state index in [1.54, 1.807) is 0 Å². The van der Waals surface area contributed by atoms with Crippen molar-refractivity contribution in [2.45, 2.75) is 26.9 Å². The molecule has 0 saturated heterocycles. The number of aryl methyl sites for hydroxylation is 1. The van der Waals surface area contributed by atoms with Crippen LogP contribution in [0, 0.1) is 13.8 Å². The van der Waals surface area contributed by atoms with Gasteiger partial charge in [-0.05, 0) is 13.8 Å². The zero-order chi connectivity index (χ0) is 12.1. The van der Waals surface area contributed by atoms with E-state index in [0.29, 0.717) is 6.54 Å². The van der Waals surface area contributed by atoms with Gasteiger partial charge in [-0.1, -0.05) is 22.5 Å². The number of halogens is 1. The molecule has 1 heterocycles. The number of aliphatic hydroxyl groups excluding tert-OH is 1. The molecular formula is C11H18BrN3O. The Labute approximate surface area is 104 Å². The summed E-state index contributed by atoms with van der Waals surface area (Å²) in [6, 6.07) is 0. The highest BCUT2D eigenvalue weighted by atomic mass is 79.9. The second-order valence-electron chi connectivity index (χ2n) is 3.72. The molecule has 0 aromatic carbocycles. The van der Waals surface area contributed by atoms with Gasteiger partial charge in [0.15, 0.2) is 0 Å². The fourth-order valence-corrected chi connectivity index (χ4v) is 1.82. The van der Waals surface area contributed by atoms with Crippen molar-refractivity contribution in [1.29, 1.82) is 0 Å². The molecule has 16 heavy (non-hydrogen) atoms. The summed E-state index contributed by atoms with van der Waals surface area (Å²) in [7, 11) is 0. The van der Waals surface area contributed by atoms with Gasteiger partial charge >= 0.3 is 0 Å². The van der Waals surface area contributed by atoms with Crippen molar-refractivity contribution in [1.82, 2.24) is 15.1 Å². The van der Waals surface area contributed by atoms with Crippen molar-refractivity contribution >= 4 is 15.9 Å². The number of hydrogen-bond acceptors (Lipinski definition) is 3. The highest BCUT2D eigenvalue weighted by Crippen LogP contribution is 2.12. The lowest BCUT2D eigenvalue weighted by molar-refractivity contribution is 0.267. The zero-order valence-corrected chi connectivity index (χ0v) is 11.3. The van der Waals surface area contributed by atoms with Crippen LogP contribution in [0.2, 0.25) is 0 Å². The first-order chi connectivity index (χ1) is 7.56. The summed E-state index contributed by atoms with van der Waals surface area (Å²) in [5.41, 5.74) is 3.32. The summed E-state index contributed by atoms with van der Waals surface area (Å²) in [6.07, 6.45) is 0. The first kappa shape index (κ1) is 13.4. The van der Waals surface area contributed by atoms with Gasteiger partial charge in [-0.25, -0.2) is 0 Å². The topological polar surface area (TPSA) is 50.1 Å². The van der Waals surface area contributed by atoms with Crippen molar-refractivity contribution in [2.75, 3.05) is 13.2 Å². The lowest BCUT2D eigenvalue weighted by atomic mass is 10.2. The van der Waals surface area contributed by atoms with E-state index < -0.39 is 0 Å². The Balaban J connectivity index is 2.68. The first-order valence-corrected chi connectivity index (χ1v) is 6.03. The quantitative estimate of drug-likeness (QED) is 0.834. The maximum absolute atomic E-state index is 8.90. The van der Waals surface area contributed by atoms with E-state index in [2.05, 4.69) is 32.9 Å². The molecule has 0 saturated carbocycles. The lowest BCUT2D eigenvalue weighted by Gasteiger charge is -2.05. The van der Waals surface area contributed by atoms with E-state index in [1.807, 2.05) is 18.5 Å². The number of nitrogens with one attached hydrogen (secondary N) is 1. The molecule has 0 bridgehead atoms. The smallest absolute Gasteiger partial charge is 0.0644 e. The highest BCUT2D eigenvalue weighted by molar-refractivity contribution is 9.11. The van der Waals surface area contributed by atoms with Crippen LogP contribution in [0.1, 0.15) is 17.0 Å². The van der Waals surface area contributed by atoms with Crippen LogP contribution in [0.5, 0.6) is 0 Å². The van der Waals surface area contributed by atoms with Crippen LogP contribution in [0.4, 0.5) is 0 Å². The predicted molar refractivity (Wildman–Crippen MR) is 68.6 cm³/mol. The summed E-state index contributed by atoms with van der Waals surface area (Å²) in [5.74, 6) is 0. The van der Waals surface area contributed by atoms with Gasteiger partial charge in [0.05, 0.1) is 18.8 Å². The van der Waals surface area contributed by atoms with E-state index in [-0.39, 0.29) is 6.61 Å². The van der Waals surface area contributed by atoms with Gasteiger partial charge in [0.2, 0.25) is 0 Å². The van der Waals surface area contributed by atoms with Crippen molar-refractivity contribution in [2.24, 2.45) is 0 Å². The van der Waals surface area contributed by atoms with Crippen LogP contribution < -0.4 is 5.32 Å². The molecule has 0 unspecified atom stereocenters. The van der Waals surface area contributed by atoms with Gasteiger partial charge < -0.3 is 10.4 Å². The van der Waals surface area contributed by atoms with Crippen molar-refractivity contribution in [3.05, 3.63) is 28.0 Å². The Morgan fingerprint density at radius 2 is 2.25 bits per heavy atom. The van der Waals surface area contributed by atoms with E-state index in [0.717, 1.165) is 29.0 Å². The molecule has 0 aliphatic heterocycles. The summed E-state index contributed by atoms with van der Waals surface area (Å²) in [5, 5.41) is 16.6. The monoisotopic (exact) mass is 287 g/mol. The third-order valence-electron chi connectivity index (χ3n) is 2.46. The largest absolute Gasteiger partial charge is 0.394 e. The summed E-state index contributed by atoms with van der Waals surface area (Å²) in [6.45, 7) is 9.96. The van der Waals surface area contributed by atoms with Crippen LogP contribution in [0.3, 0.4) is 0 Å². The molecule has 1 aromatic heterocycles. The number of hydrogen-bond donors (Lipinski definition) is 2. The van der Waals surface area contributed by atoms with Crippen molar-refractivity contribution in [3.8, 4) is 0 Å². The third-order valence-corrected chi connectivity index (χ3v) is 2.74. The van der Waals surface area contributed by atoms with Gasteiger partial charge in [0, 0.05) is 28.8 Å². The molecule has 4 nitrogen and oxygen atoms in total. The normalized spacial score (nSPS) is 10.8. The Kier molecular flexibility index (Phi) is 5.18. The average Bonchev–Trinajstić information content (AvgIpc) is 2.45. The molecule has 1 rings (SSSR count). The second-order valence-corrected chi connectivity index (χ2v) is 4.84. The SMILES string of the molecule is C=C(Br)CNCc1c(C)nn(CCO)c1C. The predicted octanol–water partition coefficient (Wildman–Crippen LogP) is 1.49. The molecular weight excluding hydrogens is 270 g/mol.